The molecule has 104 valence electrons. The summed E-state index contributed by atoms with van der Waals surface area (Å²) in [7, 11) is 0. The smallest absolute Gasteiger partial charge is 0.171 e. The predicted octanol–water partition coefficient (Wildman–Crippen LogP) is 2.82. The van der Waals surface area contributed by atoms with Crippen LogP contribution in [0.5, 0.6) is 0 Å². The molecule has 1 aliphatic heterocycles. The zero-order valence-corrected chi connectivity index (χ0v) is 11.9. The highest BCUT2D eigenvalue weighted by atomic mass is 35.5. The van der Waals surface area contributed by atoms with Crippen LogP contribution in [0.15, 0.2) is 42.7 Å². The molecule has 1 aromatic carbocycles. The molecule has 1 aromatic heterocycles. The van der Waals surface area contributed by atoms with Gasteiger partial charge in [-0.2, -0.15) is 0 Å². The number of aromatic nitrogens is 2. The fourth-order valence-corrected chi connectivity index (χ4v) is 2.71. The maximum atomic E-state index is 6.02. The minimum atomic E-state index is 0.382. The van der Waals surface area contributed by atoms with Crippen LogP contribution in [0.3, 0.4) is 0 Å². The summed E-state index contributed by atoms with van der Waals surface area (Å²) in [5.74, 6) is 0.681. The Morgan fingerprint density at radius 1 is 1.20 bits per heavy atom. The van der Waals surface area contributed by atoms with Crippen LogP contribution in [0.2, 0.25) is 5.15 Å². The molecule has 1 N–H and O–H groups in total. The molecule has 0 radical (unpaired) electrons. The topological polar surface area (TPSA) is 41.1 Å². The number of halogens is 1. The molecular formula is C15H17ClN4. The molecule has 5 heteroatoms. The van der Waals surface area contributed by atoms with Crippen molar-refractivity contribution >= 4 is 17.4 Å². The fraction of sp³-hybridized carbons (Fsp3) is 0.333. The van der Waals surface area contributed by atoms with Crippen molar-refractivity contribution in [3.8, 4) is 0 Å². The molecule has 0 spiro atoms. The number of benzene rings is 1. The maximum Gasteiger partial charge on any atom is 0.171 e. The average Bonchev–Trinajstić information content (AvgIpc) is 2.90. The van der Waals surface area contributed by atoms with Crippen molar-refractivity contribution in [3.63, 3.8) is 0 Å². The summed E-state index contributed by atoms with van der Waals surface area (Å²) in [5, 5.41) is 3.82. The summed E-state index contributed by atoms with van der Waals surface area (Å²) < 4.78 is 0. The summed E-state index contributed by atoms with van der Waals surface area (Å²) in [5.41, 5.74) is 1.35. The van der Waals surface area contributed by atoms with E-state index in [-0.39, 0.29) is 0 Å². The monoisotopic (exact) mass is 288 g/mol. The Bertz CT molecular complexity index is 561. The quantitative estimate of drug-likeness (QED) is 0.939. The van der Waals surface area contributed by atoms with Crippen molar-refractivity contribution in [2.45, 2.75) is 19.0 Å². The number of rotatable bonds is 4. The Balaban J connectivity index is 1.56. The van der Waals surface area contributed by atoms with Crippen LogP contribution in [-0.4, -0.2) is 34.0 Å². The number of anilines is 1. The Hall–Kier alpha value is -1.65. The van der Waals surface area contributed by atoms with E-state index in [0.717, 1.165) is 26.1 Å². The number of nitrogens with zero attached hydrogens (tertiary/aromatic N) is 3. The van der Waals surface area contributed by atoms with Gasteiger partial charge in [0.15, 0.2) is 11.0 Å². The summed E-state index contributed by atoms with van der Waals surface area (Å²) in [4.78, 5) is 10.7. The van der Waals surface area contributed by atoms with Crippen LogP contribution in [0.1, 0.15) is 12.0 Å². The molecule has 4 nitrogen and oxygen atoms in total. The molecule has 0 saturated carbocycles. The van der Waals surface area contributed by atoms with Crippen LogP contribution in [0.25, 0.3) is 0 Å². The minimum Gasteiger partial charge on any atom is -0.363 e. The van der Waals surface area contributed by atoms with Crippen LogP contribution >= 0.6 is 11.6 Å². The zero-order valence-electron chi connectivity index (χ0n) is 11.2. The molecule has 1 saturated heterocycles. The Kier molecular flexibility index (Phi) is 4.14. The van der Waals surface area contributed by atoms with Crippen molar-refractivity contribution < 1.29 is 0 Å². The van der Waals surface area contributed by atoms with Gasteiger partial charge in [0.1, 0.15) is 0 Å². The molecule has 1 fully saturated rings. The van der Waals surface area contributed by atoms with Gasteiger partial charge in [0.2, 0.25) is 0 Å². The highest BCUT2D eigenvalue weighted by molar-refractivity contribution is 6.31. The first kappa shape index (κ1) is 13.3. The molecule has 0 amide bonds. The highest BCUT2D eigenvalue weighted by Crippen LogP contribution is 2.20. The van der Waals surface area contributed by atoms with Gasteiger partial charge in [-0.3, -0.25) is 4.90 Å². The van der Waals surface area contributed by atoms with Crippen LogP contribution in [0, 0.1) is 0 Å². The van der Waals surface area contributed by atoms with Gasteiger partial charge in [-0.05, 0) is 12.0 Å². The van der Waals surface area contributed by atoms with Crippen molar-refractivity contribution in [1.29, 1.82) is 0 Å². The number of hydrogen-bond acceptors (Lipinski definition) is 4. The van der Waals surface area contributed by atoms with E-state index in [9.17, 15) is 0 Å². The van der Waals surface area contributed by atoms with Gasteiger partial charge >= 0.3 is 0 Å². The number of likely N-dealkylation sites (tertiary alicyclic amines) is 1. The maximum absolute atomic E-state index is 6.02. The summed E-state index contributed by atoms with van der Waals surface area (Å²) in [6.07, 6.45) is 4.36. The SMILES string of the molecule is Clc1nccnc1NC1CCN(Cc2ccccc2)C1. The molecule has 1 aliphatic rings. The molecule has 20 heavy (non-hydrogen) atoms. The molecule has 1 unspecified atom stereocenters. The Labute approximate surface area is 123 Å². The van der Waals surface area contributed by atoms with Gasteiger partial charge in [0.25, 0.3) is 0 Å². The van der Waals surface area contributed by atoms with E-state index in [1.54, 1.807) is 12.4 Å². The third-order valence-corrected chi connectivity index (χ3v) is 3.79. The standard InChI is InChI=1S/C15H17ClN4/c16-14-15(18-8-7-17-14)19-13-6-9-20(11-13)10-12-4-2-1-3-5-12/h1-5,7-8,13H,6,9-11H2,(H,18,19). The van der Waals surface area contributed by atoms with E-state index in [1.807, 2.05) is 6.07 Å². The van der Waals surface area contributed by atoms with E-state index in [4.69, 9.17) is 11.6 Å². The normalized spacial score (nSPS) is 19.1. The summed E-state index contributed by atoms with van der Waals surface area (Å²) in [6, 6.07) is 10.9. The lowest BCUT2D eigenvalue weighted by atomic mass is 10.2. The Morgan fingerprint density at radius 3 is 2.80 bits per heavy atom. The second kappa shape index (κ2) is 6.20. The number of nitrogens with one attached hydrogen (secondary N) is 1. The highest BCUT2D eigenvalue weighted by Gasteiger charge is 2.23. The lowest BCUT2D eigenvalue weighted by molar-refractivity contribution is 0.328. The third-order valence-electron chi connectivity index (χ3n) is 3.52. The van der Waals surface area contributed by atoms with Crippen molar-refractivity contribution in [2.75, 3.05) is 18.4 Å². The zero-order chi connectivity index (χ0) is 13.8. The molecule has 2 aromatic rings. The summed E-state index contributed by atoms with van der Waals surface area (Å²) >= 11 is 6.02. The molecule has 2 heterocycles. The molecule has 0 bridgehead atoms. The van der Waals surface area contributed by atoms with Gasteiger partial charge in [-0.15, -0.1) is 0 Å². The van der Waals surface area contributed by atoms with Crippen molar-refractivity contribution in [1.82, 2.24) is 14.9 Å². The van der Waals surface area contributed by atoms with E-state index in [2.05, 4.69) is 44.5 Å². The van der Waals surface area contributed by atoms with Gasteiger partial charge in [0, 0.05) is 38.1 Å². The largest absolute Gasteiger partial charge is 0.363 e. The molecule has 3 rings (SSSR count). The van der Waals surface area contributed by atoms with E-state index in [1.165, 1.54) is 5.56 Å². The van der Waals surface area contributed by atoms with Gasteiger partial charge in [-0.25, -0.2) is 9.97 Å². The molecule has 1 atom stereocenters. The van der Waals surface area contributed by atoms with Gasteiger partial charge < -0.3 is 5.32 Å². The second-order valence-corrected chi connectivity index (χ2v) is 5.40. The fourth-order valence-electron chi connectivity index (χ4n) is 2.55. The first-order valence-corrected chi connectivity index (χ1v) is 7.18. The van der Waals surface area contributed by atoms with Crippen LogP contribution in [0.4, 0.5) is 5.82 Å². The lowest BCUT2D eigenvalue weighted by Crippen LogP contribution is -2.26. The van der Waals surface area contributed by atoms with Crippen molar-refractivity contribution in [2.24, 2.45) is 0 Å². The molecular weight excluding hydrogens is 272 g/mol. The van der Waals surface area contributed by atoms with Crippen molar-refractivity contribution in [3.05, 3.63) is 53.4 Å². The minimum absolute atomic E-state index is 0.382. The summed E-state index contributed by atoms with van der Waals surface area (Å²) in [6.45, 7) is 3.08. The van der Waals surface area contributed by atoms with E-state index < -0.39 is 0 Å². The average molecular weight is 289 g/mol. The van der Waals surface area contributed by atoms with Gasteiger partial charge in [0.05, 0.1) is 0 Å². The van der Waals surface area contributed by atoms with E-state index >= 15 is 0 Å². The first-order valence-electron chi connectivity index (χ1n) is 6.80. The third kappa shape index (κ3) is 3.26. The second-order valence-electron chi connectivity index (χ2n) is 5.05. The first-order chi connectivity index (χ1) is 9.81. The van der Waals surface area contributed by atoms with Crippen LogP contribution in [-0.2, 0) is 6.54 Å². The van der Waals surface area contributed by atoms with Gasteiger partial charge in [-0.1, -0.05) is 41.9 Å². The lowest BCUT2D eigenvalue weighted by Gasteiger charge is -2.17. The number of hydrogen-bond donors (Lipinski definition) is 1. The van der Waals surface area contributed by atoms with Crippen LogP contribution < -0.4 is 5.32 Å². The Morgan fingerprint density at radius 2 is 2.00 bits per heavy atom. The predicted molar refractivity (Wildman–Crippen MR) is 80.8 cm³/mol. The molecule has 0 aliphatic carbocycles. The van der Waals surface area contributed by atoms with E-state index in [0.29, 0.717) is 17.0 Å².